The lowest BCUT2D eigenvalue weighted by molar-refractivity contribution is -0.123. The van der Waals surface area contributed by atoms with E-state index in [1.165, 1.54) is 12.1 Å². The van der Waals surface area contributed by atoms with Crippen molar-refractivity contribution >= 4 is 28.9 Å². The van der Waals surface area contributed by atoms with Crippen molar-refractivity contribution in [3.05, 3.63) is 77.4 Å². The SMILES string of the molecule is N#CCn1cc(C=C2NC(=O)N(Cc3ccccc3F)C2=O)c2ccccc21. The van der Waals surface area contributed by atoms with Crippen molar-refractivity contribution in [3.8, 4) is 6.07 Å². The predicted octanol–water partition coefficient (Wildman–Crippen LogP) is 3.40. The van der Waals surface area contributed by atoms with Gasteiger partial charge in [0.15, 0.2) is 0 Å². The van der Waals surface area contributed by atoms with Gasteiger partial charge in [-0.3, -0.25) is 9.69 Å². The van der Waals surface area contributed by atoms with Crippen LogP contribution in [0, 0.1) is 17.1 Å². The summed E-state index contributed by atoms with van der Waals surface area (Å²) in [6.07, 6.45) is 3.34. The number of benzene rings is 2. The summed E-state index contributed by atoms with van der Waals surface area (Å²) in [5.74, 6) is -0.995. The Morgan fingerprint density at radius 2 is 1.86 bits per heavy atom. The summed E-state index contributed by atoms with van der Waals surface area (Å²) >= 11 is 0. The number of nitrogens with zero attached hydrogens (tertiary/aromatic N) is 3. The van der Waals surface area contributed by atoms with Gasteiger partial charge in [-0.2, -0.15) is 5.26 Å². The topological polar surface area (TPSA) is 78.1 Å². The van der Waals surface area contributed by atoms with Crippen LogP contribution in [0.15, 0.2) is 60.4 Å². The van der Waals surface area contributed by atoms with Gasteiger partial charge in [0.25, 0.3) is 5.91 Å². The molecule has 1 fully saturated rings. The predicted molar refractivity (Wildman–Crippen MR) is 101 cm³/mol. The molecule has 3 amide bonds. The number of aromatic nitrogens is 1. The average molecular weight is 374 g/mol. The first kappa shape index (κ1) is 17.5. The molecular weight excluding hydrogens is 359 g/mol. The van der Waals surface area contributed by atoms with Crippen LogP contribution in [0.1, 0.15) is 11.1 Å². The Labute approximate surface area is 160 Å². The van der Waals surface area contributed by atoms with E-state index in [0.717, 1.165) is 15.8 Å². The smallest absolute Gasteiger partial charge is 0.329 e. The molecule has 1 aliphatic rings. The van der Waals surface area contributed by atoms with Crippen LogP contribution in [0.2, 0.25) is 0 Å². The molecular formula is C21H15FN4O2. The van der Waals surface area contributed by atoms with Crippen molar-refractivity contribution in [2.24, 2.45) is 0 Å². The van der Waals surface area contributed by atoms with Crippen molar-refractivity contribution in [1.82, 2.24) is 14.8 Å². The Kier molecular flexibility index (Phi) is 4.38. The molecule has 2 heterocycles. The van der Waals surface area contributed by atoms with Gasteiger partial charge in [0, 0.05) is 28.2 Å². The highest BCUT2D eigenvalue weighted by Crippen LogP contribution is 2.25. The largest absolute Gasteiger partial charge is 0.333 e. The van der Waals surface area contributed by atoms with Gasteiger partial charge in [0.05, 0.1) is 12.6 Å². The van der Waals surface area contributed by atoms with Gasteiger partial charge in [-0.15, -0.1) is 0 Å². The average Bonchev–Trinajstić information content (AvgIpc) is 3.16. The number of nitriles is 1. The lowest BCUT2D eigenvalue weighted by Gasteiger charge is -2.12. The Bertz CT molecular complexity index is 1170. The summed E-state index contributed by atoms with van der Waals surface area (Å²) in [6.45, 7) is 0.0221. The van der Waals surface area contributed by atoms with Crippen LogP contribution >= 0.6 is 0 Å². The summed E-state index contributed by atoms with van der Waals surface area (Å²) in [5.41, 5.74) is 1.94. The Hall–Kier alpha value is -3.92. The summed E-state index contributed by atoms with van der Waals surface area (Å²) in [7, 11) is 0. The number of amides is 3. The van der Waals surface area contributed by atoms with Crippen LogP contribution in [0.4, 0.5) is 9.18 Å². The van der Waals surface area contributed by atoms with Crippen molar-refractivity contribution < 1.29 is 14.0 Å². The number of carbonyl (C=O) groups is 2. The van der Waals surface area contributed by atoms with E-state index in [4.69, 9.17) is 5.26 Å². The normalized spacial score (nSPS) is 15.3. The maximum Gasteiger partial charge on any atom is 0.329 e. The molecule has 7 heteroatoms. The first-order valence-electron chi connectivity index (χ1n) is 8.61. The quantitative estimate of drug-likeness (QED) is 0.562. The standard InChI is InChI=1S/C21H15FN4O2/c22-17-7-3-1-5-14(17)13-26-20(27)18(24-21(26)28)11-15-12-25(10-9-23)19-8-4-2-6-16(15)19/h1-8,11-12H,10,13H2,(H,24,28). The molecule has 1 saturated heterocycles. The zero-order chi connectivity index (χ0) is 19.7. The van der Waals surface area contributed by atoms with Crippen LogP contribution in [0.3, 0.4) is 0 Å². The number of carbonyl (C=O) groups excluding carboxylic acids is 2. The molecule has 1 aromatic heterocycles. The third-order valence-electron chi connectivity index (χ3n) is 4.61. The van der Waals surface area contributed by atoms with Gasteiger partial charge in [-0.1, -0.05) is 36.4 Å². The second kappa shape index (κ2) is 7.00. The molecule has 2 aromatic carbocycles. The first-order valence-corrected chi connectivity index (χ1v) is 8.61. The Morgan fingerprint density at radius 3 is 2.64 bits per heavy atom. The Balaban J connectivity index is 1.67. The highest BCUT2D eigenvalue weighted by atomic mass is 19.1. The fraction of sp³-hybridized carbons (Fsp3) is 0.0952. The summed E-state index contributed by atoms with van der Waals surface area (Å²) in [5, 5.41) is 12.4. The summed E-state index contributed by atoms with van der Waals surface area (Å²) in [4.78, 5) is 25.9. The molecule has 0 spiro atoms. The molecule has 0 saturated carbocycles. The molecule has 3 aromatic rings. The number of fused-ring (bicyclic) bond motifs is 1. The number of urea groups is 1. The molecule has 6 nitrogen and oxygen atoms in total. The molecule has 28 heavy (non-hydrogen) atoms. The summed E-state index contributed by atoms with van der Waals surface area (Å²) < 4.78 is 15.7. The van der Waals surface area contributed by atoms with Gasteiger partial charge in [0.2, 0.25) is 0 Å². The maximum absolute atomic E-state index is 13.9. The highest BCUT2D eigenvalue weighted by Gasteiger charge is 2.34. The zero-order valence-electron chi connectivity index (χ0n) is 14.7. The van der Waals surface area contributed by atoms with Gasteiger partial charge in [-0.05, 0) is 18.2 Å². The van der Waals surface area contributed by atoms with Crippen molar-refractivity contribution in [2.75, 3.05) is 0 Å². The molecule has 0 bridgehead atoms. The number of imide groups is 1. The minimum absolute atomic E-state index is 0.112. The van der Waals surface area contributed by atoms with Gasteiger partial charge < -0.3 is 9.88 Å². The lowest BCUT2D eigenvalue weighted by atomic mass is 10.1. The van der Waals surface area contributed by atoms with E-state index in [1.54, 1.807) is 29.0 Å². The van der Waals surface area contributed by atoms with Gasteiger partial charge in [-0.25, -0.2) is 9.18 Å². The molecule has 1 aliphatic heterocycles. The zero-order valence-corrected chi connectivity index (χ0v) is 14.7. The van der Waals surface area contributed by atoms with Crippen LogP contribution in [0.5, 0.6) is 0 Å². The van der Waals surface area contributed by atoms with Crippen LogP contribution in [0.25, 0.3) is 17.0 Å². The van der Waals surface area contributed by atoms with Gasteiger partial charge >= 0.3 is 6.03 Å². The second-order valence-electron chi connectivity index (χ2n) is 6.36. The van der Waals surface area contributed by atoms with Crippen molar-refractivity contribution in [2.45, 2.75) is 13.1 Å². The van der Waals surface area contributed by atoms with E-state index in [-0.39, 0.29) is 24.4 Å². The van der Waals surface area contributed by atoms with E-state index in [9.17, 15) is 14.0 Å². The molecule has 1 N–H and O–H groups in total. The minimum Gasteiger partial charge on any atom is -0.333 e. The van der Waals surface area contributed by atoms with E-state index in [1.807, 2.05) is 24.3 Å². The van der Waals surface area contributed by atoms with Crippen molar-refractivity contribution in [1.29, 1.82) is 5.26 Å². The molecule has 0 aliphatic carbocycles. The highest BCUT2D eigenvalue weighted by molar-refractivity contribution is 6.14. The van der Waals surface area contributed by atoms with Crippen LogP contribution in [-0.4, -0.2) is 21.4 Å². The number of nitrogens with one attached hydrogen (secondary N) is 1. The van der Waals surface area contributed by atoms with E-state index in [0.29, 0.717) is 5.56 Å². The molecule has 0 unspecified atom stereocenters. The number of para-hydroxylation sites is 1. The fourth-order valence-corrected chi connectivity index (χ4v) is 3.26. The number of hydrogen-bond acceptors (Lipinski definition) is 3. The maximum atomic E-state index is 13.9. The molecule has 4 rings (SSSR count). The van der Waals surface area contributed by atoms with Crippen LogP contribution < -0.4 is 5.32 Å². The van der Waals surface area contributed by atoms with E-state index < -0.39 is 17.8 Å². The molecule has 138 valence electrons. The number of halogens is 1. The molecule has 0 atom stereocenters. The van der Waals surface area contributed by atoms with E-state index in [2.05, 4.69) is 11.4 Å². The molecule has 0 radical (unpaired) electrons. The van der Waals surface area contributed by atoms with Crippen molar-refractivity contribution in [3.63, 3.8) is 0 Å². The first-order chi connectivity index (χ1) is 13.6. The van der Waals surface area contributed by atoms with E-state index >= 15 is 0 Å². The van der Waals surface area contributed by atoms with Crippen LogP contribution in [-0.2, 0) is 17.9 Å². The lowest BCUT2D eigenvalue weighted by Crippen LogP contribution is -2.30. The third-order valence-corrected chi connectivity index (χ3v) is 4.61. The number of hydrogen-bond donors (Lipinski definition) is 1. The summed E-state index contributed by atoms with van der Waals surface area (Å²) in [6, 6.07) is 15.0. The number of rotatable bonds is 4. The minimum atomic E-state index is -0.597. The third kappa shape index (κ3) is 3.01. The Morgan fingerprint density at radius 1 is 1.11 bits per heavy atom. The fourth-order valence-electron chi connectivity index (χ4n) is 3.26. The monoisotopic (exact) mass is 374 g/mol. The van der Waals surface area contributed by atoms with Gasteiger partial charge in [0.1, 0.15) is 18.1 Å². The second-order valence-corrected chi connectivity index (χ2v) is 6.36.